The van der Waals surface area contributed by atoms with E-state index in [2.05, 4.69) is 15.5 Å². The Hall–Kier alpha value is -3.27. The number of amides is 2. The van der Waals surface area contributed by atoms with Gasteiger partial charge in [0.05, 0.1) is 11.6 Å². The second-order valence-corrected chi connectivity index (χ2v) is 7.87. The average molecular weight is 444 g/mol. The van der Waals surface area contributed by atoms with Crippen LogP contribution >= 0.6 is 11.8 Å². The summed E-state index contributed by atoms with van der Waals surface area (Å²) in [6, 6.07) is 10.9. The highest BCUT2D eigenvalue weighted by Gasteiger charge is 2.34. The van der Waals surface area contributed by atoms with Gasteiger partial charge in [-0.3, -0.25) is 9.59 Å². The third kappa shape index (κ3) is 4.91. The monoisotopic (exact) mass is 444 g/mol. The van der Waals surface area contributed by atoms with Crippen molar-refractivity contribution < 1.29 is 22.9 Å². The minimum atomic E-state index is -0.686. The van der Waals surface area contributed by atoms with Crippen LogP contribution in [0.5, 0.6) is 0 Å². The smallest absolute Gasteiger partial charge is 0.248 e. The Labute approximate surface area is 180 Å². The van der Waals surface area contributed by atoms with Gasteiger partial charge in [0.15, 0.2) is 0 Å². The molecule has 1 N–H and O–H groups in total. The van der Waals surface area contributed by atoms with E-state index in [0.717, 1.165) is 0 Å². The first kappa shape index (κ1) is 21.0. The van der Waals surface area contributed by atoms with E-state index in [1.165, 1.54) is 59.1 Å². The van der Waals surface area contributed by atoms with Crippen molar-refractivity contribution in [2.45, 2.75) is 18.9 Å². The lowest BCUT2D eigenvalue weighted by Crippen LogP contribution is -2.44. The Morgan fingerprint density at radius 1 is 1.16 bits per heavy atom. The van der Waals surface area contributed by atoms with Crippen LogP contribution in [0.15, 0.2) is 53.1 Å². The van der Waals surface area contributed by atoms with E-state index in [9.17, 15) is 18.4 Å². The van der Waals surface area contributed by atoms with Gasteiger partial charge in [0, 0.05) is 24.2 Å². The summed E-state index contributed by atoms with van der Waals surface area (Å²) in [4.78, 5) is 31.0. The molecule has 7 nitrogen and oxygen atoms in total. The molecule has 1 fully saturated rings. The predicted molar refractivity (Wildman–Crippen MR) is 111 cm³/mol. The lowest BCUT2D eigenvalue weighted by atomic mass is 10.2. The highest BCUT2D eigenvalue weighted by molar-refractivity contribution is 7.99. The summed E-state index contributed by atoms with van der Waals surface area (Å²) in [5, 5.41) is 6.40. The number of nitrogens with one attached hydrogen (secondary N) is 1. The Morgan fingerprint density at radius 2 is 1.94 bits per heavy atom. The minimum absolute atomic E-state index is 0.0785. The van der Waals surface area contributed by atoms with Crippen molar-refractivity contribution >= 4 is 29.3 Å². The van der Waals surface area contributed by atoms with E-state index in [1.807, 2.05) is 0 Å². The van der Waals surface area contributed by atoms with Gasteiger partial charge in [-0.25, -0.2) is 8.78 Å². The second-order valence-electron chi connectivity index (χ2n) is 6.87. The zero-order valence-corrected chi connectivity index (χ0v) is 17.1. The van der Waals surface area contributed by atoms with Crippen molar-refractivity contribution in [3.8, 4) is 11.4 Å². The lowest BCUT2D eigenvalue weighted by molar-refractivity contribution is -0.136. The summed E-state index contributed by atoms with van der Waals surface area (Å²) in [7, 11) is 0. The molecule has 10 heteroatoms. The molecular weight excluding hydrogens is 426 g/mol. The Balaban J connectivity index is 1.35. The molecule has 3 aromatic rings. The summed E-state index contributed by atoms with van der Waals surface area (Å²) in [5.74, 6) is -0.184. The number of rotatable bonds is 6. The molecule has 0 saturated carbocycles. The van der Waals surface area contributed by atoms with Gasteiger partial charge in [0.1, 0.15) is 17.7 Å². The van der Waals surface area contributed by atoms with Crippen molar-refractivity contribution in [1.82, 2.24) is 15.0 Å². The molecule has 160 valence electrons. The summed E-state index contributed by atoms with van der Waals surface area (Å²) in [6.07, 6.45) is 0.283. The van der Waals surface area contributed by atoms with E-state index in [1.54, 1.807) is 6.07 Å². The number of aryl methyl sites for hydroxylation is 1. The van der Waals surface area contributed by atoms with Crippen LogP contribution in [0.3, 0.4) is 0 Å². The van der Waals surface area contributed by atoms with Crippen molar-refractivity contribution in [3.05, 3.63) is 66.1 Å². The van der Waals surface area contributed by atoms with E-state index in [4.69, 9.17) is 4.52 Å². The third-order valence-electron chi connectivity index (χ3n) is 4.76. The van der Waals surface area contributed by atoms with Crippen molar-refractivity contribution in [1.29, 1.82) is 0 Å². The van der Waals surface area contributed by atoms with Gasteiger partial charge in [-0.2, -0.15) is 4.98 Å². The van der Waals surface area contributed by atoms with Crippen molar-refractivity contribution in [2.24, 2.45) is 0 Å². The van der Waals surface area contributed by atoms with Gasteiger partial charge in [-0.15, -0.1) is 11.8 Å². The Kier molecular flexibility index (Phi) is 6.26. The summed E-state index contributed by atoms with van der Waals surface area (Å²) in [6.45, 7) is 0. The number of aromatic nitrogens is 2. The second kappa shape index (κ2) is 9.25. The maximum absolute atomic E-state index is 13.8. The number of thioether (sulfide) groups is 1. The van der Waals surface area contributed by atoms with Crippen LogP contribution in [0.2, 0.25) is 0 Å². The van der Waals surface area contributed by atoms with Gasteiger partial charge < -0.3 is 14.7 Å². The molecule has 0 bridgehead atoms. The highest BCUT2D eigenvalue weighted by Crippen LogP contribution is 2.24. The predicted octanol–water partition coefficient (Wildman–Crippen LogP) is 3.49. The van der Waals surface area contributed by atoms with E-state index in [-0.39, 0.29) is 36.1 Å². The fourth-order valence-corrected chi connectivity index (χ4v) is 4.29. The van der Waals surface area contributed by atoms with Crippen molar-refractivity contribution in [3.63, 3.8) is 0 Å². The molecule has 1 atom stereocenters. The molecule has 1 aliphatic rings. The number of para-hydroxylation sites is 1. The average Bonchev–Trinajstić information content (AvgIpc) is 3.44. The summed E-state index contributed by atoms with van der Waals surface area (Å²) >= 11 is 1.45. The molecule has 2 heterocycles. The van der Waals surface area contributed by atoms with Crippen LogP contribution in [0.25, 0.3) is 11.4 Å². The first-order chi connectivity index (χ1) is 15.0. The van der Waals surface area contributed by atoms with E-state index in [0.29, 0.717) is 23.0 Å². The molecule has 0 spiro atoms. The SMILES string of the molecule is O=C(Nc1ccccc1F)C1CSCN1C(=O)CCc1nc(-c2ccc(F)cc2)no1. The zero-order chi connectivity index (χ0) is 21.8. The van der Waals surface area contributed by atoms with Crippen LogP contribution in [0.4, 0.5) is 14.5 Å². The van der Waals surface area contributed by atoms with Crippen LogP contribution in [-0.4, -0.2) is 44.5 Å². The van der Waals surface area contributed by atoms with Gasteiger partial charge in [-0.05, 0) is 36.4 Å². The van der Waals surface area contributed by atoms with Crippen molar-refractivity contribution in [2.75, 3.05) is 16.9 Å². The standard InChI is InChI=1S/C21H18F2N4O3S/c22-14-7-5-13(6-8-14)20-25-18(30-26-20)9-10-19(28)27-12-31-11-17(27)21(29)24-16-4-2-1-3-15(16)23/h1-8,17H,9-12H2,(H,24,29). The van der Waals surface area contributed by atoms with Gasteiger partial charge in [0.25, 0.3) is 0 Å². The van der Waals surface area contributed by atoms with Gasteiger partial charge >= 0.3 is 0 Å². The summed E-state index contributed by atoms with van der Waals surface area (Å²) < 4.78 is 32.0. The van der Waals surface area contributed by atoms with Crippen LogP contribution in [0.1, 0.15) is 12.3 Å². The largest absolute Gasteiger partial charge is 0.339 e. The normalized spacial score (nSPS) is 15.8. The minimum Gasteiger partial charge on any atom is -0.339 e. The third-order valence-corrected chi connectivity index (χ3v) is 5.77. The molecule has 1 aromatic heterocycles. The first-order valence-corrected chi connectivity index (χ1v) is 10.7. The number of anilines is 1. The summed E-state index contributed by atoms with van der Waals surface area (Å²) in [5.41, 5.74) is 0.680. The molecule has 2 amide bonds. The quantitative estimate of drug-likeness (QED) is 0.626. The Morgan fingerprint density at radius 3 is 2.71 bits per heavy atom. The molecule has 2 aromatic carbocycles. The van der Waals surface area contributed by atoms with E-state index >= 15 is 0 Å². The number of halogens is 2. The van der Waals surface area contributed by atoms with Gasteiger partial charge in [0.2, 0.25) is 23.5 Å². The number of carbonyl (C=O) groups is 2. The molecule has 0 radical (unpaired) electrons. The number of carbonyl (C=O) groups excluding carboxylic acids is 2. The van der Waals surface area contributed by atoms with Gasteiger partial charge in [-0.1, -0.05) is 17.3 Å². The fourth-order valence-electron chi connectivity index (χ4n) is 3.11. The maximum atomic E-state index is 13.8. The number of hydrogen-bond acceptors (Lipinski definition) is 6. The van der Waals surface area contributed by atoms with Crippen LogP contribution in [0, 0.1) is 11.6 Å². The van der Waals surface area contributed by atoms with Crippen LogP contribution in [-0.2, 0) is 16.0 Å². The molecule has 31 heavy (non-hydrogen) atoms. The lowest BCUT2D eigenvalue weighted by Gasteiger charge is -2.23. The maximum Gasteiger partial charge on any atom is 0.248 e. The fraction of sp³-hybridized carbons (Fsp3) is 0.238. The highest BCUT2D eigenvalue weighted by atomic mass is 32.2. The number of hydrogen-bond donors (Lipinski definition) is 1. The van der Waals surface area contributed by atoms with E-state index < -0.39 is 17.8 Å². The molecule has 1 aliphatic heterocycles. The molecular formula is C21H18F2N4O3S. The molecule has 4 rings (SSSR count). The van der Waals surface area contributed by atoms with Crippen LogP contribution < -0.4 is 5.32 Å². The number of nitrogens with zero attached hydrogens (tertiary/aromatic N) is 3. The topological polar surface area (TPSA) is 88.3 Å². The number of benzene rings is 2. The first-order valence-electron chi connectivity index (χ1n) is 9.52. The zero-order valence-electron chi connectivity index (χ0n) is 16.3. The molecule has 1 saturated heterocycles. The Bertz CT molecular complexity index is 1090. The molecule has 1 unspecified atom stereocenters. The molecule has 0 aliphatic carbocycles.